The summed E-state index contributed by atoms with van der Waals surface area (Å²) in [6, 6.07) is 0. The zero-order valence-corrected chi connectivity index (χ0v) is 9.45. The molecule has 0 aromatic carbocycles. The van der Waals surface area contributed by atoms with Crippen LogP contribution in [0.1, 0.15) is 6.92 Å². The van der Waals surface area contributed by atoms with Crippen LogP contribution in [0.4, 0.5) is 0 Å². The predicted molar refractivity (Wildman–Crippen MR) is 55.4 cm³/mol. The summed E-state index contributed by atoms with van der Waals surface area (Å²) in [6.07, 6.45) is -0.264. The van der Waals surface area contributed by atoms with Crippen molar-refractivity contribution in [2.24, 2.45) is 5.92 Å². The first kappa shape index (κ1) is 12.1. The van der Waals surface area contributed by atoms with Gasteiger partial charge in [-0.05, 0) is 6.92 Å². The van der Waals surface area contributed by atoms with Gasteiger partial charge in [0.05, 0.1) is 13.0 Å². The number of ether oxygens (including phenoxy) is 2. The fourth-order valence-corrected chi connectivity index (χ4v) is 2.41. The van der Waals surface area contributed by atoms with Gasteiger partial charge >= 0.3 is 5.97 Å². The van der Waals surface area contributed by atoms with Crippen LogP contribution < -0.4 is 0 Å². The molecule has 0 aromatic heterocycles. The molecule has 0 fully saturated rings. The minimum atomic E-state index is -1.89. The lowest BCUT2D eigenvalue weighted by molar-refractivity contribution is -0.176. The lowest BCUT2D eigenvalue weighted by Gasteiger charge is -2.39. The number of esters is 1. The molecule has 6 heteroatoms. The van der Waals surface area contributed by atoms with Crippen molar-refractivity contribution in [3.8, 4) is 0 Å². The van der Waals surface area contributed by atoms with Gasteiger partial charge in [0.2, 0.25) is 6.29 Å². The lowest BCUT2D eigenvalue weighted by atomic mass is 9.78. The van der Waals surface area contributed by atoms with Crippen LogP contribution in [0.2, 0.25) is 0 Å². The van der Waals surface area contributed by atoms with Gasteiger partial charge in [-0.3, -0.25) is 0 Å². The summed E-state index contributed by atoms with van der Waals surface area (Å²) in [5.41, 5.74) is -1.53. The van der Waals surface area contributed by atoms with Gasteiger partial charge in [0.25, 0.3) is 0 Å². The van der Waals surface area contributed by atoms with E-state index in [-0.39, 0.29) is 5.57 Å². The van der Waals surface area contributed by atoms with E-state index in [4.69, 9.17) is 4.74 Å². The molecule has 0 aromatic rings. The van der Waals surface area contributed by atoms with Crippen LogP contribution in [0.3, 0.4) is 0 Å². The first-order valence-electron chi connectivity index (χ1n) is 5.14. The third kappa shape index (κ3) is 1.49. The van der Waals surface area contributed by atoms with E-state index >= 15 is 0 Å². The molecule has 0 saturated carbocycles. The molecule has 0 bridgehead atoms. The summed E-state index contributed by atoms with van der Waals surface area (Å²) >= 11 is 0. The maximum atomic E-state index is 11.5. The van der Waals surface area contributed by atoms with Gasteiger partial charge in [0.15, 0.2) is 0 Å². The van der Waals surface area contributed by atoms with Gasteiger partial charge < -0.3 is 24.8 Å². The molecular formula is C11H14O6. The third-order valence-electron chi connectivity index (χ3n) is 3.28. The molecule has 4 unspecified atom stereocenters. The van der Waals surface area contributed by atoms with Gasteiger partial charge in [-0.25, -0.2) is 4.79 Å². The van der Waals surface area contributed by atoms with E-state index in [1.165, 1.54) is 6.08 Å². The minimum Gasteiger partial charge on any atom is -0.471 e. The van der Waals surface area contributed by atoms with Crippen molar-refractivity contribution in [2.75, 3.05) is 7.11 Å². The van der Waals surface area contributed by atoms with E-state index in [1.54, 1.807) is 6.92 Å². The number of hydrogen-bond donors (Lipinski definition) is 3. The number of fused-ring (bicyclic) bond motifs is 1. The largest absolute Gasteiger partial charge is 0.471 e. The number of carbonyl (C=O) groups is 1. The number of carbonyl (C=O) groups excluding carboxylic acids is 1. The minimum absolute atomic E-state index is 0.198. The summed E-state index contributed by atoms with van der Waals surface area (Å²) in [5, 5.41) is 30.0. The van der Waals surface area contributed by atoms with E-state index in [0.717, 1.165) is 13.4 Å². The summed E-state index contributed by atoms with van der Waals surface area (Å²) in [7, 11) is 1.16. The number of hydrogen-bond acceptors (Lipinski definition) is 6. The van der Waals surface area contributed by atoms with E-state index in [0.29, 0.717) is 5.57 Å². The van der Waals surface area contributed by atoms with Crippen molar-refractivity contribution in [2.45, 2.75) is 24.9 Å². The maximum Gasteiger partial charge on any atom is 0.339 e. The first-order valence-corrected chi connectivity index (χ1v) is 5.14. The number of rotatable bonds is 1. The highest BCUT2D eigenvalue weighted by Gasteiger charge is 2.58. The van der Waals surface area contributed by atoms with Crippen LogP contribution in [0, 0.1) is 5.92 Å². The SMILES string of the molecule is COC(=O)C1=COC(O)C2C(C)=CC(O)C12O. The summed E-state index contributed by atoms with van der Waals surface area (Å²) in [6.45, 7) is 1.64. The molecule has 0 amide bonds. The molecule has 4 atom stereocenters. The monoisotopic (exact) mass is 242 g/mol. The van der Waals surface area contributed by atoms with E-state index < -0.39 is 29.9 Å². The smallest absolute Gasteiger partial charge is 0.339 e. The van der Waals surface area contributed by atoms with Crippen molar-refractivity contribution in [3.05, 3.63) is 23.5 Å². The number of aliphatic hydroxyl groups is 3. The van der Waals surface area contributed by atoms with Crippen LogP contribution in [-0.4, -0.2) is 46.4 Å². The second-order valence-electron chi connectivity index (χ2n) is 4.21. The van der Waals surface area contributed by atoms with Crippen LogP contribution in [0.15, 0.2) is 23.5 Å². The Morgan fingerprint density at radius 3 is 2.76 bits per heavy atom. The Bertz CT molecular complexity index is 412. The Labute approximate surface area is 97.8 Å². The normalized spacial score (nSPS) is 39.9. The third-order valence-corrected chi connectivity index (χ3v) is 3.28. The van der Waals surface area contributed by atoms with Gasteiger partial charge in [-0.2, -0.15) is 0 Å². The van der Waals surface area contributed by atoms with Crippen molar-refractivity contribution >= 4 is 5.97 Å². The molecule has 2 aliphatic rings. The van der Waals surface area contributed by atoms with Gasteiger partial charge in [0.1, 0.15) is 23.5 Å². The molecule has 0 saturated heterocycles. The van der Waals surface area contributed by atoms with E-state index in [2.05, 4.69) is 4.74 Å². The Kier molecular flexibility index (Phi) is 2.73. The van der Waals surface area contributed by atoms with Crippen LogP contribution >= 0.6 is 0 Å². The molecule has 0 spiro atoms. The molecule has 17 heavy (non-hydrogen) atoms. The molecule has 0 radical (unpaired) electrons. The number of methoxy groups -OCH3 is 1. The van der Waals surface area contributed by atoms with Crippen LogP contribution in [0.5, 0.6) is 0 Å². The van der Waals surface area contributed by atoms with Crippen LogP contribution in [-0.2, 0) is 14.3 Å². The molecule has 94 valence electrons. The lowest BCUT2D eigenvalue weighted by Crippen LogP contribution is -2.54. The molecule has 1 aliphatic heterocycles. The quantitative estimate of drug-likeness (QED) is 0.405. The molecule has 1 heterocycles. The topological polar surface area (TPSA) is 96.2 Å². The predicted octanol–water partition coefficient (Wildman–Crippen LogP) is -0.940. The van der Waals surface area contributed by atoms with Gasteiger partial charge in [0, 0.05) is 0 Å². The highest BCUT2D eigenvalue weighted by molar-refractivity contribution is 5.91. The van der Waals surface area contributed by atoms with Crippen molar-refractivity contribution in [1.29, 1.82) is 0 Å². The zero-order valence-electron chi connectivity index (χ0n) is 9.45. The maximum absolute atomic E-state index is 11.5. The molecule has 6 nitrogen and oxygen atoms in total. The average molecular weight is 242 g/mol. The van der Waals surface area contributed by atoms with E-state index in [1.807, 2.05) is 0 Å². The molecule has 2 rings (SSSR count). The van der Waals surface area contributed by atoms with Crippen molar-refractivity contribution < 1.29 is 29.6 Å². The second-order valence-corrected chi connectivity index (χ2v) is 4.21. The van der Waals surface area contributed by atoms with Crippen molar-refractivity contribution in [3.63, 3.8) is 0 Å². The summed E-state index contributed by atoms with van der Waals surface area (Å²) in [4.78, 5) is 11.5. The van der Waals surface area contributed by atoms with Gasteiger partial charge in [-0.15, -0.1) is 0 Å². The average Bonchev–Trinajstić information content (AvgIpc) is 2.50. The molecule has 3 N–H and O–H groups in total. The highest BCUT2D eigenvalue weighted by Crippen LogP contribution is 2.45. The Hall–Kier alpha value is -1.37. The Morgan fingerprint density at radius 1 is 1.53 bits per heavy atom. The highest BCUT2D eigenvalue weighted by atomic mass is 16.6. The Morgan fingerprint density at radius 2 is 2.18 bits per heavy atom. The number of aliphatic hydroxyl groups excluding tert-OH is 2. The standard InChI is InChI=1S/C11H14O6/c1-5-3-7(12)11(15)6(9(13)16-2)4-17-10(14)8(5)11/h3-4,7-8,10,12,14-15H,1-2H3. The van der Waals surface area contributed by atoms with Crippen LogP contribution in [0.25, 0.3) is 0 Å². The summed E-state index contributed by atoms with van der Waals surface area (Å²) in [5.74, 6) is -1.68. The van der Waals surface area contributed by atoms with Gasteiger partial charge in [-0.1, -0.05) is 11.6 Å². The van der Waals surface area contributed by atoms with Crippen molar-refractivity contribution in [1.82, 2.24) is 0 Å². The first-order chi connectivity index (χ1) is 7.92. The zero-order chi connectivity index (χ0) is 12.8. The second kappa shape index (κ2) is 3.83. The fraction of sp³-hybridized carbons (Fsp3) is 0.545. The van der Waals surface area contributed by atoms with E-state index in [9.17, 15) is 20.1 Å². The molecule has 1 aliphatic carbocycles. The summed E-state index contributed by atoms with van der Waals surface area (Å²) < 4.78 is 9.41. The Balaban J connectivity index is 2.49. The fourth-order valence-electron chi connectivity index (χ4n) is 2.41. The molecular weight excluding hydrogens is 228 g/mol.